The molecule has 0 radical (unpaired) electrons. The second-order valence-corrected chi connectivity index (χ2v) is 5.91. The fourth-order valence-electron chi connectivity index (χ4n) is 2.86. The maximum absolute atomic E-state index is 12.6. The number of hydrogen-bond donors (Lipinski definition) is 1. The van der Waals surface area contributed by atoms with Gasteiger partial charge in [-0.1, -0.05) is 17.3 Å². The molecule has 120 valence electrons. The van der Waals surface area contributed by atoms with Gasteiger partial charge in [-0.3, -0.25) is 9.59 Å². The van der Waals surface area contributed by atoms with Crippen LogP contribution in [-0.4, -0.2) is 44.8 Å². The smallest absolute Gasteiger partial charge is 0.276 e. The highest BCUT2D eigenvalue weighted by molar-refractivity contribution is 5.94. The van der Waals surface area contributed by atoms with Crippen molar-refractivity contribution in [1.29, 1.82) is 0 Å². The van der Waals surface area contributed by atoms with Crippen LogP contribution in [0.3, 0.4) is 0 Å². The van der Waals surface area contributed by atoms with E-state index in [1.807, 2.05) is 38.1 Å². The number of likely N-dealkylation sites (tertiary alicyclic amines) is 1. The third kappa shape index (κ3) is 2.81. The van der Waals surface area contributed by atoms with Crippen molar-refractivity contribution in [2.24, 2.45) is 11.7 Å². The van der Waals surface area contributed by atoms with Crippen LogP contribution >= 0.6 is 0 Å². The van der Waals surface area contributed by atoms with Gasteiger partial charge in [-0.15, -0.1) is 5.10 Å². The predicted octanol–water partition coefficient (Wildman–Crippen LogP) is 0.832. The summed E-state index contributed by atoms with van der Waals surface area (Å²) < 4.78 is 1.65. The maximum atomic E-state index is 12.6. The molecule has 1 unspecified atom stereocenters. The molecule has 1 fully saturated rings. The molecular formula is C16H19N5O2. The SMILES string of the molecule is Cc1cccc(-n2nnc(C(=O)N3CCC(C(N)=O)C3)c2C)c1. The van der Waals surface area contributed by atoms with Gasteiger partial charge < -0.3 is 10.6 Å². The summed E-state index contributed by atoms with van der Waals surface area (Å²) in [6.07, 6.45) is 0.603. The fourth-order valence-corrected chi connectivity index (χ4v) is 2.86. The first-order chi connectivity index (χ1) is 11.0. The first-order valence-corrected chi connectivity index (χ1v) is 7.55. The fraction of sp³-hybridized carbons (Fsp3) is 0.375. The van der Waals surface area contributed by atoms with E-state index in [2.05, 4.69) is 10.3 Å². The van der Waals surface area contributed by atoms with Crippen LogP contribution < -0.4 is 5.73 Å². The number of aromatic nitrogens is 3. The normalized spacial score (nSPS) is 17.5. The molecule has 1 atom stereocenters. The minimum absolute atomic E-state index is 0.204. The minimum atomic E-state index is -0.361. The van der Waals surface area contributed by atoms with E-state index >= 15 is 0 Å². The molecule has 7 heteroatoms. The number of hydrogen-bond acceptors (Lipinski definition) is 4. The largest absolute Gasteiger partial charge is 0.369 e. The lowest BCUT2D eigenvalue weighted by Crippen LogP contribution is -2.32. The molecule has 23 heavy (non-hydrogen) atoms. The summed E-state index contributed by atoms with van der Waals surface area (Å²) in [7, 11) is 0. The number of amides is 2. The van der Waals surface area contributed by atoms with E-state index in [0.29, 0.717) is 30.9 Å². The van der Waals surface area contributed by atoms with Crippen LogP contribution in [-0.2, 0) is 4.79 Å². The number of nitrogens with zero attached hydrogens (tertiary/aromatic N) is 4. The van der Waals surface area contributed by atoms with Crippen LogP contribution in [0.4, 0.5) is 0 Å². The molecule has 1 aromatic heterocycles. The second kappa shape index (κ2) is 5.83. The van der Waals surface area contributed by atoms with E-state index in [1.165, 1.54) is 0 Å². The lowest BCUT2D eigenvalue weighted by Gasteiger charge is -2.14. The van der Waals surface area contributed by atoms with Gasteiger partial charge >= 0.3 is 0 Å². The Balaban J connectivity index is 1.85. The first kappa shape index (κ1) is 15.2. The zero-order valence-corrected chi connectivity index (χ0v) is 13.2. The molecule has 0 aliphatic carbocycles. The summed E-state index contributed by atoms with van der Waals surface area (Å²) in [6.45, 7) is 4.68. The maximum Gasteiger partial charge on any atom is 0.276 e. The van der Waals surface area contributed by atoms with Gasteiger partial charge in [0.05, 0.1) is 17.3 Å². The molecule has 0 saturated carbocycles. The zero-order chi connectivity index (χ0) is 16.6. The summed E-state index contributed by atoms with van der Waals surface area (Å²) in [5.41, 5.74) is 8.29. The molecule has 0 bridgehead atoms. The Labute approximate surface area is 134 Å². The molecule has 1 aliphatic heterocycles. The second-order valence-electron chi connectivity index (χ2n) is 5.91. The van der Waals surface area contributed by atoms with E-state index < -0.39 is 0 Å². The van der Waals surface area contributed by atoms with Gasteiger partial charge in [0.1, 0.15) is 0 Å². The van der Waals surface area contributed by atoms with Crippen LogP contribution in [0.2, 0.25) is 0 Å². The number of rotatable bonds is 3. The van der Waals surface area contributed by atoms with E-state index in [9.17, 15) is 9.59 Å². The zero-order valence-electron chi connectivity index (χ0n) is 13.2. The number of carbonyl (C=O) groups excluding carboxylic acids is 2. The average molecular weight is 313 g/mol. The van der Waals surface area contributed by atoms with Crippen molar-refractivity contribution < 1.29 is 9.59 Å². The Kier molecular flexibility index (Phi) is 3.85. The van der Waals surface area contributed by atoms with Gasteiger partial charge in [0.2, 0.25) is 5.91 Å². The van der Waals surface area contributed by atoms with Crippen LogP contribution in [0.5, 0.6) is 0 Å². The Morgan fingerprint density at radius 1 is 1.30 bits per heavy atom. The van der Waals surface area contributed by atoms with Crippen molar-refractivity contribution >= 4 is 11.8 Å². The van der Waals surface area contributed by atoms with Gasteiger partial charge in [0.25, 0.3) is 5.91 Å². The molecule has 2 heterocycles. The van der Waals surface area contributed by atoms with Gasteiger partial charge in [-0.05, 0) is 38.0 Å². The van der Waals surface area contributed by atoms with Gasteiger partial charge in [-0.2, -0.15) is 0 Å². The van der Waals surface area contributed by atoms with E-state index in [1.54, 1.807) is 9.58 Å². The van der Waals surface area contributed by atoms with Crippen molar-refractivity contribution in [3.8, 4) is 5.69 Å². The van der Waals surface area contributed by atoms with Gasteiger partial charge in [0.15, 0.2) is 5.69 Å². The molecule has 0 spiro atoms. The van der Waals surface area contributed by atoms with Crippen molar-refractivity contribution in [3.63, 3.8) is 0 Å². The highest BCUT2D eigenvalue weighted by Crippen LogP contribution is 2.20. The lowest BCUT2D eigenvalue weighted by atomic mass is 10.1. The highest BCUT2D eigenvalue weighted by atomic mass is 16.2. The molecule has 2 aromatic rings. The third-order valence-corrected chi connectivity index (χ3v) is 4.22. The lowest BCUT2D eigenvalue weighted by molar-refractivity contribution is -0.121. The Morgan fingerprint density at radius 2 is 2.09 bits per heavy atom. The number of primary amides is 1. The Morgan fingerprint density at radius 3 is 2.74 bits per heavy atom. The number of aryl methyl sites for hydroxylation is 1. The summed E-state index contributed by atoms with van der Waals surface area (Å²) in [5, 5.41) is 8.14. The number of nitrogens with two attached hydrogens (primary N) is 1. The minimum Gasteiger partial charge on any atom is -0.369 e. The summed E-state index contributed by atoms with van der Waals surface area (Å²) in [5.74, 6) is -0.836. The quantitative estimate of drug-likeness (QED) is 0.908. The summed E-state index contributed by atoms with van der Waals surface area (Å²) in [6, 6.07) is 7.83. The number of benzene rings is 1. The Bertz CT molecular complexity index is 768. The molecule has 2 N–H and O–H groups in total. The molecule has 3 rings (SSSR count). The Hall–Kier alpha value is -2.70. The van der Waals surface area contributed by atoms with Crippen molar-refractivity contribution in [2.45, 2.75) is 20.3 Å². The molecule has 1 aromatic carbocycles. The predicted molar refractivity (Wildman–Crippen MR) is 84.0 cm³/mol. The first-order valence-electron chi connectivity index (χ1n) is 7.55. The van der Waals surface area contributed by atoms with Crippen molar-refractivity contribution in [2.75, 3.05) is 13.1 Å². The van der Waals surface area contributed by atoms with E-state index in [0.717, 1.165) is 11.3 Å². The highest BCUT2D eigenvalue weighted by Gasteiger charge is 2.32. The molecule has 7 nitrogen and oxygen atoms in total. The van der Waals surface area contributed by atoms with Gasteiger partial charge in [0, 0.05) is 13.1 Å². The summed E-state index contributed by atoms with van der Waals surface area (Å²) in [4.78, 5) is 25.5. The van der Waals surface area contributed by atoms with E-state index in [-0.39, 0.29) is 17.7 Å². The monoisotopic (exact) mass is 313 g/mol. The topological polar surface area (TPSA) is 94.1 Å². The van der Waals surface area contributed by atoms with E-state index in [4.69, 9.17) is 5.73 Å². The number of carbonyl (C=O) groups is 2. The average Bonchev–Trinajstić information content (AvgIpc) is 3.13. The van der Waals surface area contributed by atoms with Crippen LogP contribution in [0.25, 0.3) is 5.69 Å². The van der Waals surface area contributed by atoms with Crippen molar-refractivity contribution in [3.05, 3.63) is 41.2 Å². The summed E-state index contributed by atoms with van der Waals surface area (Å²) >= 11 is 0. The molecule has 1 saturated heterocycles. The third-order valence-electron chi connectivity index (χ3n) is 4.22. The van der Waals surface area contributed by atoms with Gasteiger partial charge in [-0.25, -0.2) is 4.68 Å². The standard InChI is InChI=1S/C16H19N5O2/c1-10-4-3-5-13(8-10)21-11(2)14(18-19-21)16(23)20-7-6-12(9-20)15(17)22/h3-5,8,12H,6-7,9H2,1-2H3,(H2,17,22). The molecule has 1 aliphatic rings. The molecule has 2 amide bonds. The molecular weight excluding hydrogens is 294 g/mol. The van der Waals surface area contributed by atoms with Crippen molar-refractivity contribution in [1.82, 2.24) is 19.9 Å². The van der Waals surface area contributed by atoms with Crippen LogP contribution in [0.1, 0.15) is 28.2 Å². The van der Waals surface area contributed by atoms with Crippen LogP contribution in [0, 0.1) is 19.8 Å². The van der Waals surface area contributed by atoms with Crippen LogP contribution in [0.15, 0.2) is 24.3 Å².